The second-order valence-corrected chi connectivity index (χ2v) is 3.19. The molecule has 1 amide bonds. The van der Waals surface area contributed by atoms with E-state index in [1.54, 1.807) is 6.07 Å². The fourth-order valence-electron chi connectivity index (χ4n) is 1.45. The number of fused-ring (bicyclic) bond motifs is 1. The summed E-state index contributed by atoms with van der Waals surface area (Å²) < 4.78 is 5.18. The predicted molar refractivity (Wildman–Crippen MR) is 55.9 cm³/mol. The lowest BCUT2D eigenvalue weighted by Crippen LogP contribution is -2.22. The molecule has 0 saturated heterocycles. The molecule has 2 rings (SSSR count). The molecule has 0 aliphatic heterocycles. The summed E-state index contributed by atoms with van der Waals surface area (Å²) in [6.07, 6.45) is 1.40. The molecular weight excluding hydrogens is 194 g/mol. The SMILES string of the molecule is CCNC(=O)c1coc2cc(O)ccc12. The molecule has 0 atom stereocenters. The van der Waals surface area contributed by atoms with Gasteiger partial charge in [-0.1, -0.05) is 0 Å². The Morgan fingerprint density at radius 3 is 3.07 bits per heavy atom. The van der Waals surface area contributed by atoms with E-state index in [-0.39, 0.29) is 11.7 Å². The maximum absolute atomic E-state index is 11.6. The molecule has 0 saturated carbocycles. The van der Waals surface area contributed by atoms with E-state index in [1.807, 2.05) is 6.92 Å². The molecule has 1 aromatic carbocycles. The zero-order valence-corrected chi connectivity index (χ0v) is 8.28. The summed E-state index contributed by atoms with van der Waals surface area (Å²) in [4.78, 5) is 11.6. The largest absolute Gasteiger partial charge is 0.508 e. The van der Waals surface area contributed by atoms with Crippen molar-refractivity contribution in [1.29, 1.82) is 0 Å². The predicted octanol–water partition coefficient (Wildman–Crippen LogP) is 1.89. The molecule has 4 heteroatoms. The van der Waals surface area contributed by atoms with E-state index in [9.17, 15) is 9.90 Å². The van der Waals surface area contributed by atoms with Gasteiger partial charge in [0.15, 0.2) is 0 Å². The van der Waals surface area contributed by atoms with Gasteiger partial charge in [-0.3, -0.25) is 4.79 Å². The van der Waals surface area contributed by atoms with E-state index in [1.165, 1.54) is 18.4 Å². The maximum atomic E-state index is 11.6. The van der Waals surface area contributed by atoms with E-state index in [2.05, 4.69) is 5.32 Å². The van der Waals surface area contributed by atoms with Crippen molar-refractivity contribution < 1.29 is 14.3 Å². The number of hydrogen-bond donors (Lipinski definition) is 2. The molecule has 78 valence electrons. The van der Waals surface area contributed by atoms with E-state index in [0.29, 0.717) is 23.1 Å². The molecule has 0 spiro atoms. The molecule has 0 fully saturated rings. The minimum Gasteiger partial charge on any atom is -0.508 e. The number of rotatable bonds is 2. The summed E-state index contributed by atoms with van der Waals surface area (Å²) in [5, 5.41) is 12.6. The van der Waals surface area contributed by atoms with Gasteiger partial charge in [0.1, 0.15) is 17.6 Å². The third kappa shape index (κ3) is 1.66. The van der Waals surface area contributed by atoms with E-state index in [0.717, 1.165) is 0 Å². The quantitative estimate of drug-likeness (QED) is 0.786. The average Bonchev–Trinajstić information content (AvgIpc) is 2.60. The number of phenols is 1. The maximum Gasteiger partial charge on any atom is 0.255 e. The van der Waals surface area contributed by atoms with Gasteiger partial charge >= 0.3 is 0 Å². The first-order valence-electron chi connectivity index (χ1n) is 4.70. The fraction of sp³-hybridized carbons (Fsp3) is 0.182. The number of hydrogen-bond acceptors (Lipinski definition) is 3. The molecule has 0 bridgehead atoms. The van der Waals surface area contributed by atoms with Crippen LogP contribution in [-0.4, -0.2) is 17.6 Å². The van der Waals surface area contributed by atoms with E-state index >= 15 is 0 Å². The summed E-state index contributed by atoms with van der Waals surface area (Å²) >= 11 is 0. The zero-order chi connectivity index (χ0) is 10.8. The van der Waals surface area contributed by atoms with Gasteiger partial charge < -0.3 is 14.8 Å². The monoisotopic (exact) mass is 205 g/mol. The van der Waals surface area contributed by atoms with Gasteiger partial charge in [-0.25, -0.2) is 0 Å². The number of phenolic OH excluding ortho intramolecular Hbond substituents is 1. The Morgan fingerprint density at radius 2 is 2.33 bits per heavy atom. The van der Waals surface area contributed by atoms with Crippen molar-refractivity contribution >= 4 is 16.9 Å². The Kier molecular flexibility index (Phi) is 2.33. The van der Waals surface area contributed by atoms with Gasteiger partial charge in [0, 0.05) is 18.0 Å². The lowest BCUT2D eigenvalue weighted by atomic mass is 10.1. The summed E-state index contributed by atoms with van der Waals surface area (Å²) in [5.41, 5.74) is 1.00. The molecule has 0 aliphatic carbocycles. The topological polar surface area (TPSA) is 62.5 Å². The average molecular weight is 205 g/mol. The number of carbonyl (C=O) groups is 1. The normalized spacial score (nSPS) is 10.5. The lowest BCUT2D eigenvalue weighted by Gasteiger charge is -1.98. The first-order valence-corrected chi connectivity index (χ1v) is 4.70. The molecule has 1 aromatic heterocycles. The summed E-state index contributed by atoms with van der Waals surface area (Å²) in [5.74, 6) is -0.0405. The van der Waals surface area contributed by atoms with Crippen LogP contribution in [0.4, 0.5) is 0 Å². The number of carbonyl (C=O) groups excluding carboxylic acids is 1. The van der Waals surface area contributed by atoms with Crippen LogP contribution in [0, 0.1) is 0 Å². The third-order valence-electron chi connectivity index (χ3n) is 2.14. The zero-order valence-electron chi connectivity index (χ0n) is 8.28. The van der Waals surface area contributed by atoms with Crippen LogP contribution in [0.15, 0.2) is 28.9 Å². The van der Waals surface area contributed by atoms with Crippen LogP contribution >= 0.6 is 0 Å². The Labute approximate surface area is 86.5 Å². The minimum atomic E-state index is -0.165. The number of nitrogens with one attached hydrogen (secondary N) is 1. The van der Waals surface area contributed by atoms with Crippen LogP contribution in [-0.2, 0) is 0 Å². The second kappa shape index (κ2) is 3.65. The molecule has 2 N–H and O–H groups in total. The Morgan fingerprint density at radius 1 is 1.53 bits per heavy atom. The van der Waals surface area contributed by atoms with Crippen molar-refractivity contribution in [2.24, 2.45) is 0 Å². The van der Waals surface area contributed by atoms with Crippen LogP contribution in [0.2, 0.25) is 0 Å². The van der Waals surface area contributed by atoms with Crippen molar-refractivity contribution in [1.82, 2.24) is 5.32 Å². The van der Waals surface area contributed by atoms with Crippen molar-refractivity contribution in [2.75, 3.05) is 6.54 Å². The van der Waals surface area contributed by atoms with Gasteiger partial charge in [0.2, 0.25) is 0 Å². The highest BCUT2D eigenvalue weighted by Crippen LogP contribution is 2.24. The highest BCUT2D eigenvalue weighted by atomic mass is 16.3. The van der Waals surface area contributed by atoms with Crippen LogP contribution in [0.25, 0.3) is 11.0 Å². The highest BCUT2D eigenvalue weighted by Gasteiger charge is 2.12. The van der Waals surface area contributed by atoms with Crippen molar-refractivity contribution in [3.63, 3.8) is 0 Å². The van der Waals surface area contributed by atoms with Crippen molar-refractivity contribution in [2.45, 2.75) is 6.92 Å². The molecule has 4 nitrogen and oxygen atoms in total. The van der Waals surface area contributed by atoms with Crippen LogP contribution < -0.4 is 5.32 Å². The number of benzene rings is 1. The van der Waals surface area contributed by atoms with Gasteiger partial charge in [-0.05, 0) is 19.1 Å². The van der Waals surface area contributed by atoms with Crippen LogP contribution in [0.1, 0.15) is 17.3 Å². The molecular formula is C11H11NO3. The third-order valence-corrected chi connectivity index (χ3v) is 2.14. The summed E-state index contributed by atoms with van der Waals surface area (Å²) in [6, 6.07) is 4.68. The first-order chi connectivity index (χ1) is 7.22. The molecule has 0 unspecified atom stereocenters. The number of aromatic hydroxyl groups is 1. The summed E-state index contributed by atoms with van der Waals surface area (Å²) in [7, 11) is 0. The molecule has 1 heterocycles. The standard InChI is InChI=1S/C11H11NO3/c1-2-12-11(14)9-6-15-10-5-7(13)3-4-8(9)10/h3-6,13H,2H2,1H3,(H,12,14). The number of furan rings is 1. The van der Waals surface area contributed by atoms with Gasteiger partial charge in [0.05, 0.1) is 5.56 Å². The van der Waals surface area contributed by atoms with Crippen LogP contribution in [0.3, 0.4) is 0 Å². The minimum absolute atomic E-state index is 0.124. The highest BCUT2D eigenvalue weighted by molar-refractivity contribution is 6.06. The van der Waals surface area contributed by atoms with Crippen molar-refractivity contribution in [3.8, 4) is 5.75 Å². The molecule has 0 aliphatic rings. The van der Waals surface area contributed by atoms with Gasteiger partial charge in [-0.2, -0.15) is 0 Å². The van der Waals surface area contributed by atoms with Gasteiger partial charge in [0.25, 0.3) is 5.91 Å². The Balaban J connectivity index is 2.49. The lowest BCUT2D eigenvalue weighted by molar-refractivity contribution is 0.0956. The van der Waals surface area contributed by atoms with E-state index < -0.39 is 0 Å². The molecule has 15 heavy (non-hydrogen) atoms. The second-order valence-electron chi connectivity index (χ2n) is 3.19. The van der Waals surface area contributed by atoms with Gasteiger partial charge in [-0.15, -0.1) is 0 Å². The Hall–Kier alpha value is -1.97. The first kappa shape index (κ1) is 9.58. The Bertz CT molecular complexity index is 502. The molecule has 2 aromatic rings. The van der Waals surface area contributed by atoms with E-state index in [4.69, 9.17) is 4.42 Å². The van der Waals surface area contributed by atoms with Crippen LogP contribution in [0.5, 0.6) is 5.75 Å². The molecule has 0 radical (unpaired) electrons. The number of amides is 1. The smallest absolute Gasteiger partial charge is 0.255 e. The summed E-state index contributed by atoms with van der Waals surface area (Å²) in [6.45, 7) is 2.43. The van der Waals surface area contributed by atoms with Crippen molar-refractivity contribution in [3.05, 3.63) is 30.0 Å². The fourth-order valence-corrected chi connectivity index (χ4v) is 1.45.